The standard InChI is InChI=1S/C14H19N2O/c1-11-6-8-16(9-7-11)10-12-2-4-13(5-3-12)14(15)17/h2-5,11H,1,6-10H2,(H2,15,17). The van der Waals surface area contributed by atoms with Gasteiger partial charge in [0.15, 0.2) is 0 Å². The molecule has 0 spiro atoms. The predicted octanol–water partition coefficient (Wildman–Crippen LogP) is 1.83. The molecular weight excluding hydrogens is 212 g/mol. The first-order valence-corrected chi connectivity index (χ1v) is 6.09. The highest BCUT2D eigenvalue weighted by Gasteiger charge is 2.15. The first-order chi connectivity index (χ1) is 8.15. The summed E-state index contributed by atoms with van der Waals surface area (Å²) in [6.45, 7) is 7.28. The Balaban J connectivity index is 1.92. The molecule has 1 heterocycles. The number of hydrogen-bond acceptors (Lipinski definition) is 2. The van der Waals surface area contributed by atoms with Crippen molar-refractivity contribution < 1.29 is 4.79 Å². The monoisotopic (exact) mass is 231 g/mol. The number of likely N-dealkylation sites (tertiary alicyclic amines) is 1. The van der Waals surface area contributed by atoms with Gasteiger partial charge in [-0.15, -0.1) is 0 Å². The third-order valence-corrected chi connectivity index (χ3v) is 3.35. The Morgan fingerprint density at radius 3 is 2.41 bits per heavy atom. The van der Waals surface area contributed by atoms with E-state index in [1.807, 2.05) is 12.1 Å². The van der Waals surface area contributed by atoms with Gasteiger partial charge in [-0.25, -0.2) is 0 Å². The number of hydrogen-bond donors (Lipinski definition) is 1. The molecule has 1 fully saturated rings. The van der Waals surface area contributed by atoms with E-state index in [4.69, 9.17) is 5.73 Å². The fourth-order valence-corrected chi connectivity index (χ4v) is 2.18. The highest BCUT2D eigenvalue weighted by atomic mass is 16.1. The topological polar surface area (TPSA) is 46.3 Å². The molecule has 1 amide bonds. The molecule has 1 aromatic rings. The molecule has 3 heteroatoms. The van der Waals surface area contributed by atoms with Crippen LogP contribution in [-0.2, 0) is 6.54 Å². The third kappa shape index (κ3) is 3.30. The van der Waals surface area contributed by atoms with E-state index in [-0.39, 0.29) is 5.91 Å². The van der Waals surface area contributed by atoms with Gasteiger partial charge in [0.25, 0.3) is 0 Å². The van der Waals surface area contributed by atoms with E-state index in [0.29, 0.717) is 11.5 Å². The average molecular weight is 231 g/mol. The second kappa shape index (κ2) is 5.32. The number of amides is 1. The Morgan fingerprint density at radius 2 is 1.88 bits per heavy atom. The summed E-state index contributed by atoms with van der Waals surface area (Å²) in [5, 5.41) is 0. The van der Waals surface area contributed by atoms with Crippen molar-refractivity contribution in [2.75, 3.05) is 13.1 Å². The maximum atomic E-state index is 10.9. The molecule has 1 aliphatic heterocycles. The van der Waals surface area contributed by atoms with Crippen LogP contribution in [0.4, 0.5) is 0 Å². The predicted molar refractivity (Wildman–Crippen MR) is 68.3 cm³/mol. The normalized spacial score (nSPS) is 18.2. The Bertz CT molecular complexity index is 378. The molecule has 0 aromatic heterocycles. The number of nitrogens with two attached hydrogens (primary N) is 1. The maximum absolute atomic E-state index is 10.9. The first-order valence-electron chi connectivity index (χ1n) is 6.09. The molecule has 0 unspecified atom stereocenters. The molecule has 1 aliphatic rings. The molecule has 91 valence electrons. The highest BCUT2D eigenvalue weighted by Crippen LogP contribution is 2.17. The summed E-state index contributed by atoms with van der Waals surface area (Å²) >= 11 is 0. The molecule has 2 rings (SSSR count). The summed E-state index contributed by atoms with van der Waals surface area (Å²) < 4.78 is 0. The van der Waals surface area contributed by atoms with Gasteiger partial charge in [-0.1, -0.05) is 19.1 Å². The summed E-state index contributed by atoms with van der Waals surface area (Å²) in [6.07, 6.45) is 2.36. The Kier molecular flexibility index (Phi) is 3.79. The van der Waals surface area contributed by atoms with Crippen LogP contribution in [0, 0.1) is 12.8 Å². The van der Waals surface area contributed by atoms with E-state index in [0.717, 1.165) is 19.6 Å². The van der Waals surface area contributed by atoms with Crippen molar-refractivity contribution in [1.82, 2.24) is 4.90 Å². The van der Waals surface area contributed by atoms with Crippen LogP contribution in [0.5, 0.6) is 0 Å². The van der Waals surface area contributed by atoms with Gasteiger partial charge in [-0.3, -0.25) is 9.69 Å². The van der Waals surface area contributed by atoms with E-state index in [1.54, 1.807) is 12.1 Å². The van der Waals surface area contributed by atoms with E-state index in [9.17, 15) is 4.79 Å². The molecule has 2 N–H and O–H groups in total. The minimum Gasteiger partial charge on any atom is -0.366 e. The summed E-state index contributed by atoms with van der Waals surface area (Å²) in [6, 6.07) is 7.56. The van der Waals surface area contributed by atoms with Crippen LogP contribution < -0.4 is 5.73 Å². The van der Waals surface area contributed by atoms with Gasteiger partial charge in [0.2, 0.25) is 5.91 Å². The number of nitrogens with zero attached hydrogens (tertiary/aromatic N) is 1. The number of benzene rings is 1. The molecule has 1 saturated heterocycles. The van der Waals surface area contributed by atoms with Crippen molar-refractivity contribution in [3.63, 3.8) is 0 Å². The van der Waals surface area contributed by atoms with Crippen LogP contribution in [-0.4, -0.2) is 23.9 Å². The van der Waals surface area contributed by atoms with Gasteiger partial charge in [-0.2, -0.15) is 0 Å². The smallest absolute Gasteiger partial charge is 0.248 e. The number of piperidine rings is 1. The molecule has 3 nitrogen and oxygen atoms in total. The molecule has 0 saturated carbocycles. The second-order valence-electron chi connectivity index (χ2n) is 4.78. The summed E-state index contributed by atoms with van der Waals surface area (Å²) in [5.74, 6) is 0.248. The molecule has 17 heavy (non-hydrogen) atoms. The van der Waals surface area contributed by atoms with Crippen molar-refractivity contribution in [2.45, 2.75) is 19.4 Å². The lowest BCUT2D eigenvalue weighted by Crippen LogP contribution is -2.32. The maximum Gasteiger partial charge on any atom is 0.248 e. The largest absolute Gasteiger partial charge is 0.366 e. The zero-order chi connectivity index (χ0) is 12.3. The van der Waals surface area contributed by atoms with Crippen LogP contribution >= 0.6 is 0 Å². The zero-order valence-corrected chi connectivity index (χ0v) is 10.1. The second-order valence-corrected chi connectivity index (χ2v) is 4.78. The van der Waals surface area contributed by atoms with Gasteiger partial charge >= 0.3 is 0 Å². The van der Waals surface area contributed by atoms with Crippen LogP contribution in [0.25, 0.3) is 0 Å². The molecule has 1 aromatic carbocycles. The number of rotatable bonds is 3. The fraction of sp³-hybridized carbons (Fsp3) is 0.429. The lowest BCUT2D eigenvalue weighted by Gasteiger charge is -2.30. The molecular formula is C14H19N2O. The Hall–Kier alpha value is -1.35. The Labute approximate surface area is 103 Å². The minimum atomic E-state index is -0.366. The van der Waals surface area contributed by atoms with E-state index in [1.165, 1.54) is 18.4 Å². The summed E-state index contributed by atoms with van der Waals surface area (Å²) in [5.41, 5.74) is 7.02. The van der Waals surface area contributed by atoms with Crippen molar-refractivity contribution in [2.24, 2.45) is 11.7 Å². The van der Waals surface area contributed by atoms with Gasteiger partial charge in [0, 0.05) is 12.1 Å². The molecule has 1 radical (unpaired) electrons. The Morgan fingerprint density at radius 1 is 1.29 bits per heavy atom. The van der Waals surface area contributed by atoms with Crippen LogP contribution in [0.1, 0.15) is 28.8 Å². The van der Waals surface area contributed by atoms with Crippen LogP contribution in [0.15, 0.2) is 24.3 Å². The number of primary amides is 1. The van der Waals surface area contributed by atoms with Crippen molar-refractivity contribution in [3.8, 4) is 0 Å². The van der Waals surface area contributed by atoms with Crippen LogP contribution in [0.2, 0.25) is 0 Å². The molecule has 0 bridgehead atoms. The van der Waals surface area contributed by atoms with E-state index >= 15 is 0 Å². The highest BCUT2D eigenvalue weighted by molar-refractivity contribution is 5.92. The number of carbonyl (C=O) groups excluding carboxylic acids is 1. The minimum absolute atomic E-state index is 0.366. The van der Waals surface area contributed by atoms with Gasteiger partial charge in [-0.05, 0) is 49.5 Å². The van der Waals surface area contributed by atoms with Crippen molar-refractivity contribution in [1.29, 1.82) is 0 Å². The SMILES string of the molecule is [CH2]C1CCN(Cc2ccc(C(N)=O)cc2)CC1. The molecule has 0 atom stereocenters. The summed E-state index contributed by atoms with van der Waals surface area (Å²) in [4.78, 5) is 13.4. The van der Waals surface area contributed by atoms with Gasteiger partial charge in [0.1, 0.15) is 0 Å². The lowest BCUT2D eigenvalue weighted by atomic mass is 9.99. The van der Waals surface area contributed by atoms with Crippen molar-refractivity contribution >= 4 is 5.91 Å². The van der Waals surface area contributed by atoms with Crippen LogP contribution in [0.3, 0.4) is 0 Å². The van der Waals surface area contributed by atoms with Gasteiger partial charge < -0.3 is 5.73 Å². The van der Waals surface area contributed by atoms with E-state index < -0.39 is 0 Å². The van der Waals surface area contributed by atoms with Gasteiger partial charge in [0.05, 0.1) is 0 Å². The summed E-state index contributed by atoms with van der Waals surface area (Å²) in [7, 11) is 0. The fourth-order valence-electron chi connectivity index (χ4n) is 2.18. The number of carbonyl (C=O) groups is 1. The quantitative estimate of drug-likeness (QED) is 0.862. The van der Waals surface area contributed by atoms with E-state index in [2.05, 4.69) is 11.8 Å². The van der Waals surface area contributed by atoms with Crippen molar-refractivity contribution in [3.05, 3.63) is 42.3 Å². The third-order valence-electron chi connectivity index (χ3n) is 3.35. The lowest BCUT2D eigenvalue weighted by molar-refractivity contribution is 0.100. The average Bonchev–Trinajstić information content (AvgIpc) is 2.33. The molecule has 0 aliphatic carbocycles. The first kappa shape index (κ1) is 12.1. The zero-order valence-electron chi connectivity index (χ0n) is 10.1.